The second-order valence-corrected chi connectivity index (χ2v) is 13.1. The van der Waals surface area contributed by atoms with Gasteiger partial charge in [-0.3, -0.25) is 14.1 Å². The van der Waals surface area contributed by atoms with Gasteiger partial charge in [-0.05, 0) is 39.7 Å². The largest absolute Gasteiger partial charge is 0.478 e. The lowest BCUT2D eigenvalue weighted by atomic mass is 9.98. The molecule has 0 radical (unpaired) electrons. The quantitative estimate of drug-likeness (QED) is 0.0615. The molecule has 2 aromatic heterocycles. The fourth-order valence-corrected chi connectivity index (χ4v) is 6.24. The zero-order valence-electron chi connectivity index (χ0n) is 23.5. The number of thiazole rings is 1. The molecule has 0 bridgehead atoms. The maximum Gasteiger partial charge on any atom is 0.362 e. The number of hydrogen-bond donors (Lipinski definition) is 6. The number of aliphatic carboxylic acids is 1. The molecular formula is C23H34N10O8S2. The topological polar surface area (TPSA) is 270 Å². The third kappa shape index (κ3) is 7.26. The predicted molar refractivity (Wildman–Crippen MR) is 152 cm³/mol. The number of nitrogen functional groups attached to an aromatic ring is 1. The van der Waals surface area contributed by atoms with Gasteiger partial charge < -0.3 is 32.0 Å². The summed E-state index contributed by atoms with van der Waals surface area (Å²) in [6, 6.07) is -2.76. The summed E-state index contributed by atoms with van der Waals surface area (Å²) in [5.41, 5.74) is 9.44. The fourth-order valence-electron chi connectivity index (χ4n) is 4.82. The van der Waals surface area contributed by atoms with Gasteiger partial charge in [0.15, 0.2) is 10.8 Å². The molecule has 43 heavy (non-hydrogen) atoms. The van der Waals surface area contributed by atoms with Crippen LogP contribution < -0.4 is 22.1 Å². The first kappa shape index (κ1) is 32.2. The van der Waals surface area contributed by atoms with E-state index in [0.29, 0.717) is 38.0 Å². The van der Waals surface area contributed by atoms with Crippen LogP contribution in [-0.2, 0) is 42.6 Å². The van der Waals surface area contributed by atoms with Crippen LogP contribution in [0.15, 0.2) is 16.7 Å². The molecule has 4 rings (SSSR count). The Morgan fingerprint density at radius 3 is 2.60 bits per heavy atom. The van der Waals surface area contributed by atoms with Crippen molar-refractivity contribution in [3.63, 3.8) is 0 Å². The molecule has 2 aromatic rings. The Bertz CT molecular complexity index is 1500. The number of carbonyl (C=O) groups is 3. The summed E-state index contributed by atoms with van der Waals surface area (Å²) >= 11 is 0.984. The Morgan fingerprint density at radius 1 is 1.33 bits per heavy atom. The van der Waals surface area contributed by atoms with Crippen molar-refractivity contribution in [2.45, 2.75) is 82.3 Å². The Labute approximate surface area is 250 Å². The van der Waals surface area contributed by atoms with E-state index >= 15 is 0 Å². The van der Waals surface area contributed by atoms with Gasteiger partial charge in [-0.15, -0.1) is 11.3 Å². The number of β-lactam (4-membered cyclic amide) rings is 1. The molecular weight excluding hydrogens is 608 g/mol. The van der Waals surface area contributed by atoms with Crippen LogP contribution in [0.5, 0.6) is 0 Å². The lowest BCUT2D eigenvalue weighted by Gasteiger charge is -2.43. The van der Waals surface area contributed by atoms with Crippen LogP contribution in [0.4, 0.5) is 5.13 Å². The Morgan fingerprint density at radius 2 is 2.02 bits per heavy atom. The summed E-state index contributed by atoms with van der Waals surface area (Å²) < 4.78 is 33.9. The molecule has 236 valence electrons. The number of nitrogens with one attached hydrogen (secondary N) is 2. The SMILES string of the molecule is CC(C)(CCN)NCc1cnn(C[C@@H]2[C@H](NC(=O)/C(=N\OC3(C(=O)O)CCCC3)c3csc(N)n3)C(=O)N2S(=O)(=O)O)n1. The second-order valence-electron chi connectivity index (χ2n) is 10.9. The standard InChI is InChI=1S/C23H34N10O8S2/c1-22(2,7-8-24)26-9-13-10-27-32(30-13)11-15-17(19(35)33(15)43(38,39)40)29-18(34)16(14-12-42-21(25)28-14)31-41-23(20(36)37)5-3-4-6-23/h10,12,15,17,26H,3-9,11,24H2,1-2H3,(H2,25,28)(H,29,34)(H,36,37)(H,38,39,40)/b31-16-/t15-,17+/m1/s1. The summed E-state index contributed by atoms with van der Waals surface area (Å²) in [7, 11) is -5.00. The highest BCUT2D eigenvalue weighted by molar-refractivity contribution is 7.84. The van der Waals surface area contributed by atoms with Gasteiger partial charge >= 0.3 is 16.3 Å². The summed E-state index contributed by atoms with van der Waals surface area (Å²) in [6.07, 6.45) is 3.67. The van der Waals surface area contributed by atoms with E-state index in [4.69, 9.17) is 16.3 Å². The predicted octanol–water partition coefficient (Wildman–Crippen LogP) is -1.15. The van der Waals surface area contributed by atoms with Crippen LogP contribution >= 0.6 is 11.3 Å². The molecule has 1 aliphatic carbocycles. The van der Waals surface area contributed by atoms with Gasteiger partial charge in [-0.25, -0.2) is 14.1 Å². The molecule has 2 aliphatic rings. The smallest absolute Gasteiger partial charge is 0.362 e. The van der Waals surface area contributed by atoms with Crippen molar-refractivity contribution in [3.05, 3.63) is 23.0 Å². The highest BCUT2D eigenvalue weighted by Gasteiger charge is 2.55. The molecule has 1 saturated carbocycles. The molecule has 20 heteroatoms. The van der Waals surface area contributed by atoms with Gasteiger partial charge in [0.1, 0.15) is 17.8 Å². The van der Waals surface area contributed by atoms with Crippen molar-refractivity contribution in [2.75, 3.05) is 12.3 Å². The van der Waals surface area contributed by atoms with E-state index in [1.807, 2.05) is 13.8 Å². The molecule has 18 nitrogen and oxygen atoms in total. The summed E-state index contributed by atoms with van der Waals surface area (Å²) in [4.78, 5) is 48.7. The van der Waals surface area contributed by atoms with E-state index in [1.165, 1.54) is 11.6 Å². The number of rotatable bonds is 14. The van der Waals surface area contributed by atoms with Crippen LogP contribution in [0.1, 0.15) is 57.3 Å². The van der Waals surface area contributed by atoms with Gasteiger partial charge in [0.05, 0.1) is 18.4 Å². The van der Waals surface area contributed by atoms with E-state index in [-0.39, 0.29) is 40.1 Å². The number of oxime groups is 1. The number of anilines is 1. The van der Waals surface area contributed by atoms with Crippen LogP contribution in [0.2, 0.25) is 0 Å². The summed E-state index contributed by atoms with van der Waals surface area (Å²) in [5, 5.41) is 29.1. The van der Waals surface area contributed by atoms with Gasteiger partial charge in [0.2, 0.25) is 5.60 Å². The molecule has 3 heterocycles. The number of carbonyl (C=O) groups excluding carboxylic acids is 2. The minimum atomic E-state index is -5.00. The monoisotopic (exact) mass is 642 g/mol. The van der Waals surface area contributed by atoms with E-state index in [1.54, 1.807) is 0 Å². The molecule has 1 aliphatic heterocycles. The van der Waals surface area contributed by atoms with Crippen molar-refractivity contribution in [1.29, 1.82) is 0 Å². The number of nitrogens with two attached hydrogens (primary N) is 2. The molecule has 0 unspecified atom stereocenters. The van der Waals surface area contributed by atoms with Crippen LogP contribution in [0.25, 0.3) is 0 Å². The number of hydrogen-bond acceptors (Lipinski definition) is 14. The molecule has 2 fully saturated rings. The summed E-state index contributed by atoms with van der Waals surface area (Å²) in [6.45, 7) is 4.44. The van der Waals surface area contributed by atoms with Crippen LogP contribution in [0, 0.1) is 0 Å². The number of carboxylic acid groups (broad SMARTS) is 1. The average molecular weight is 643 g/mol. The van der Waals surface area contributed by atoms with Gasteiger partial charge in [0, 0.05) is 30.3 Å². The molecule has 8 N–H and O–H groups in total. The van der Waals surface area contributed by atoms with Crippen molar-refractivity contribution in [2.24, 2.45) is 10.9 Å². The number of carboxylic acids is 1. The highest BCUT2D eigenvalue weighted by atomic mass is 32.2. The first-order chi connectivity index (χ1) is 20.2. The normalized spacial score (nSPS) is 20.6. The molecule has 2 amide bonds. The van der Waals surface area contributed by atoms with E-state index in [9.17, 15) is 32.5 Å². The van der Waals surface area contributed by atoms with Crippen molar-refractivity contribution < 1.29 is 37.3 Å². The van der Waals surface area contributed by atoms with E-state index in [2.05, 4.69) is 31.0 Å². The van der Waals surface area contributed by atoms with Crippen molar-refractivity contribution >= 4 is 50.3 Å². The van der Waals surface area contributed by atoms with E-state index < -0.39 is 51.5 Å². The third-order valence-corrected chi connectivity index (χ3v) is 8.87. The minimum Gasteiger partial charge on any atom is -0.478 e. The van der Waals surface area contributed by atoms with Crippen molar-refractivity contribution in [3.8, 4) is 0 Å². The zero-order chi connectivity index (χ0) is 31.6. The fraction of sp³-hybridized carbons (Fsp3) is 0.609. The minimum absolute atomic E-state index is 0.0445. The number of amides is 2. The second kappa shape index (κ2) is 12.5. The molecule has 0 spiro atoms. The first-order valence-electron chi connectivity index (χ1n) is 13.3. The highest BCUT2D eigenvalue weighted by Crippen LogP contribution is 2.34. The number of aromatic nitrogens is 4. The first-order valence-corrected chi connectivity index (χ1v) is 15.6. The molecule has 2 atom stereocenters. The van der Waals surface area contributed by atoms with E-state index in [0.717, 1.165) is 16.1 Å². The maximum absolute atomic E-state index is 13.4. The summed E-state index contributed by atoms with van der Waals surface area (Å²) in [5.74, 6) is -3.37. The maximum atomic E-state index is 13.4. The van der Waals surface area contributed by atoms with Gasteiger partial charge in [-0.1, -0.05) is 5.16 Å². The van der Waals surface area contributed by atoms with Crippen LogP contribution in [-0.4, -0.2) is 95.6 Å². The number of nitrogens with zero attached hydrogens (tertiary/aromatic N) is 6. The lowest BCUT2D eigenvalue weighted by molar-refractivity contribution is -0.165. The van der Waals surface area contributed by atoms with Gasteiger partial charge in [-0.2, -0.15) is 23.4 Å². The molecule has 0 aromatic carbocycles. The third-order valence-electron chi connectivity index (χ3n) is 7.25. The van der Waals surface area contributed by atoms with Crippen molar-refractivity contribution in [1.82, 2.24) is 34.9 Å². The Hall–Kier alpha value is -3.72. The lowest BCUT2D eigenvalue weighted by Crippen LogP contribution is -2.73. The zero-order valence-corrected chi connectivity index (χ0v) is 25.1. The Balaban J connectivity index is 1.54. The average Bonchev–Trinajstić information content (AvgIpc) is 3.67. The van der Waals surface area contributed by atoms with Gasteiger partial charge in [0.25, 0.3) is 11.8 Å². The Kier molecular flexibility index (Phi) is 9.35. The van der Waals surface area contributed by atoms with Crippen LogP contribution in [0.3, 0.4) is 0 Å². The molecule has 1 saturated heterocycles.